The Balaban J connectivity index is 1.82. The molecule has 5 nitrogen and oxygen atoms in total. The molecule has 0 saturated carbocycles. The van der Waals surface area contributed by atoms with E-state index in [1.54, 1.807) is 0 Å². The summed E-state index contributed by atoms with van der Waals surface area (Å²) in [6.07, 6.45) is 0.832. The summed E-state index contributed by atoms with van der Waals surface area (Å²) in [6, 6.07) is 12.2. The van der Waals surface area contributed by atoms with E-state index in [-0.39, 0.29) is 5.69 Å². The van der Waals surface area contributed by atoms with E-state index in [0.29, 0.717) is 5.69 Å². The molecule has 22 heavy (non-hydrogen) atoms. The first-order chi connectivity index (χ1) is 10.6. The summed E-state index contributed by atoms with van der Waals surface area (Å²) in [6.45, 7) is 0. The van der Waals surface area contributed by atoms with Crippen molar-refractivity contribution in [2.75, 3.05) is 0 Å². The standard InChI is InChI=1S/C16H10BrN3O2/c17-11-2-4-13-10(7-11)6-9-5-8(1-3-12(9)13)14-15(16(21)22)19-20-18-14/h1-5,7H,6H2,(H,21,22)(H,18,19,20). The first-order valence-corrected chi connectivity index (χ1v) is 7.49. The number of rotatable bonds is 2. The van der Waals surface area contributed by atoms with Crippen molar-refractivity contribution < 1.29 is 9.90 Å². The number of carboxylic acids is 1. The maximum Gasteiger partial charge on any atom is 0.358 e. The maximum atomic E-state index is 11.2. The summed E-state index contributed by atoms with van der Waals surface area (Å²) in [5.41, 5.74) is 5.92. The third-order valence-corrected chi connectivity index (χ3v) is 4.36. The lowest BCUT2D eigenvalue weighted by atomic mass is 10.0. The Morgan fingerprint density at radius 1 is 1.09 bits per heavy atom. The molecule has 0 spiro atoms. The highest BCUT2D eigenvalue weighted by molar-refractivity contribution is 9.10. The number of H-pyrrole nitrogens is 1. The Bertz CT molecular complexity index is 918. The fourth-order valence-corrected chi connectivity index (χ4v) is 3.32. The first-order valence-electron chi connectivity index (χ1n) is 6.69. The van der Waals surface area contributed by atoms with E-state index in [1.807, 2.05) is 24.3 Å². The van der Waals surface area contributed by atoms with Gasteiger partial charge in [-0.15, -0.1) is 5.10 Å². The molecular weight excluding hydrogens is 346 g/mol. The molecule has 0 radical (unpaired) electrons. The summed E-state index contributed by atoms with van der Waals surface area (Å²) < 4.78 is 1.06. The highest BCUT2D eigenvalue weighted by atomic mass is 79.9. The molecule has 0 aliphatic heterocycles. The van der Waals surface area contributed by atoms with Crippen LogP contribution in [-0.4, -0.2) is 26.5 Å². The topological polar surface area (TPSA) is 78.9 Å². The summed E-state index contributed by atoms with van der Waals surface area (Å²) in [7, 11) is 0. The predicted molar refractivity (Wildman–Crippen MR) is 84.7 cm³/mol. The summed E-state index contributed by atoms with van der Waals surface area (Å²) >= 11 is 3.49. The molecule has 6 heteroatoms. The van der Waals surface area contributed by atoms with Crippen molar-refractivity contribution in [3.63, 3.8) is 0 Å². The highest BCUT2D eigenvalue weighted by Crippen LogP contribution is 2.39. The summed E-state index contributed by atoms with van der Waals surface area (Å²) in [5.74, 6) is -1.09. The molecule has 0 atom stereocenters. The quantitative estimate of drug-likeness (QED) is 0.576. The minimum atomic E-state index is -1.09. The van der Waals surface area contributed by atoms with Gasteiger partial charge in [-0.2, -0.15) is 10.3 Å². The summed E-state index contributed by atoms with van der Waals surface area (Å²) in [4.78, 5) is 11.2. The number of aromatic carboxylic acids is 1. The number of aromatic amines is 1. The van der Waals surface area contributed by atoms with Gasteiger partial charge in [0.25, 0.3) is 0 Å². The van der Waals surface area contributed by atoms with E-state index in [2.05, 4.69) is 43.5 Å². The molecule has 3 aromatic rings. The second kappa shape index (κ2) is 4.78. The van der Waals surface area contributed by atoms with Crippen LogP contribution in [0.15, 0.2) is 40.9 Å². The minimum absolute atomic E-state index is 0.0572. The second-order valence-electron chi connectivity index (χ2n) is 5.18. The molecule has 1 aliphatic carbocycles. The third-order valence-electron chi connectivity index (χ3n) is 3.87. The molecule has 0 bridgehead atoms. The van der Waals surface area contributed by atoms with Crippen molar-refractivity contribution in [3.8, 4) is 22.4 Å². The number of fused-ring (bicyclic) bond motifs is 3. The molecule has 0 unspecified atom stereocenters. The van der Waals surface area contributed by atoms with E-state index in [1.165, 1.54) is 22.3 Å². The molecule has 2 aromatic carbocycles. The van der Waals surface area contributed by atoms with E-state index in [9.17, 15) is 4.79 Å². The van der Waals surface area contributed by atoms with Crippen LogP contribution in [0.2, 0.25) is 0 Å². The van der Waals surface area contributed by atoms with Crippen molar-refractivity contribution in [1.82, 2.24) is 15.4 Å². The number of carbonyl (C=O) groups is 1. The number of benzene rings is 2. The molecule has 1 heterocycles. The van der Waals surface area contributed by atoms with Gasteiger partial charge in [0.1, 0.15) is 5.69 Å². The molecule has 2 N–H and O–H groups in total. The average Bonchev–Trinajstić information content (AvgIpc) is 3.10. The van der Waals surface area contributed by atoms with Crippen molar-refractivity contribution in [2.45, 2.75) is 6.42 Å². The van der Waals surface area contributed by atoms with Crippen LogP contribution in [0.3, 0.4) is 0 Å². The van der Waals surface area contributed by atoms with Crippen molar-refractivity contribution in [2.24, 2.45) is 0 Å². The van der Waals surface area contributed by atoms with Crippen LogP contribution in [0.25, 0.3) is 22.4 Å². The van der Waals surface area contributed by atoms with Gasteiger partial charge in [-0.1, -0.05) is 34.1 Å². The zero-order valence-electron chi connectivity index (χ0n) is 11.3. The molecule has 108 valence electrons. The number of halogens is 1. The molecule has 0 saturated heterocycles. The van der Waals surface area contributed by atoms with Gasteiger partial charge in [0.15, 0.2) is 5.69 Å². The monoisotopic (exact) mass is 355 g/mol. The van der Waals surface area contributed by atoms with Gasteiger partial charge in [-0.05, 0) is 46.9 Å². The van der Waals surface area contributed by atoms with Crippen LogP contribution >= 0.6 is 15.9 Å². The third kappa shape index (κ3) is 1.95. The molecule has 4 rings (SSSR count). The number of carboxylic acid groups (broad SMARTS) is 1. The Morgan fingerprint density at radius 2 is 1.82 bits per heavy atom. The largest absolute Gasteiger partial charge is 0.476 e. The number of hydrogen-bond acceptors (Lipinski definition) is 3. The Morgan fingerprint density at radius 3 is 2.59 bits per heavy atom. The number of aromatic nitrogens is 3. The van der Waals surface area contributed by atoms with Gasteiger partial charge < -0.3 is 5.11 Å². The van der Waals surface area contributed by atoms with Gasteiger partial charge in [0.05, 0.1) is 0 Å². The zero-order valence-corrected chi connectivity index (χ0v) is 12.9. The van der Waals surface area contributed by atoms with Crippen LogP contribution in [0.1, 0.15) is 21.6 Å². The molecular formula is C16H10BrN3O2. The van der Waals surface area contributed by atoms with Crippen molar-refractivity contribution >= 4 is 21.9 Å². The molecule has 0 amide bonds. The Hall–Kier alpha value is -2.47. The van der Waals surface area contributed by atoms with Crippen molar-refractivity contribution in [3.05, 3.63) is 57.7 Å². The fourth-order valence-electron chi connectivity index (χ4n) is 2.91. The average molecular weight is 356 g/mol. The lowest BCUT2D eigenvalue weighted by molar-refractivity contribution is 0.0691. The molecule has 1 aliphatic rings. The van der Waals surface area contributed by atoms with Gasteiger partial charge in [-0.25, -0.2) is 4.79 Å². The second-order valence-corrected chi connectivity index (χ2v) is 6.09. The van der Waals surface area contributed by atoms with E-state index >= 15 is 0 Å². The Labute approximate surface area is 134 Å². The zero-order chi connectivity index (χ0) is 15.3. The van der Waals surface area contributed by atoms with Crippen LogP contribution in [0.5, 0.6) is 0 Å². The van der Waals surface area contributed by atoms with Crippen LogP contribution in [-0.2, 0) is 6.42 Å². The lowest BCUT2D eigenvalue weighted by Gasteiger charge is -2.04. The summed E-state index contributed by atoms with van der Waals surface area (Å²) in [5, 5.41) is 19.2. The van der Waals surface area contributed by atoms with Crippen LogP contribution in [0.4, 0.5) is 0 Å². The predicted octanol–water partition coefficient (Wildman–Crippen LogP) is 3.50. The molecule has 0 fully saturated rings. The first kappa shape index (κ1) is 13.2. The smallest absolute Gasteiger partial charge is 0.358 e. The number of hydrogen-bond donors (Lipinski definition) is 2. The highest BCUT2D eigenvalue weighted by Gasteiger charge is 2.22. The van der Waals surface area contributed by atoms with Gasteiger partial charge in [0, 0.05) is 10.0 Å². The van der Waals surface area contributed by atoms with E-state index in [0.717, 1.165) is 16.5 Å². The van der Waals surface area contributed by atoms with Gasteiger partial charge in [0.2, 0.25) is 0 Å². The number of nitrogens with one attached hydrogen (secondary N) is 1. The van der Waals surface area contributed by atoms with Crippen LogP contribution in [0, 0.1) is 0 Å². The fraction of sp³-hybridized carbons (Fsp3) is 0.0625. The molecule has 1 aromatic heterocycles. The van der Waals surface area contributed by atoms with Gasteiger partial charge >= 0.3 is 5.97 Å². The van der Waals surface area contributed by atoms with E-state index < -0.39 is 5.97 Å². The Kier molecular flexibility index (Phi) is 2.87. The lowest BCUT2D eigenvalue weighted by Crippen LogP contribution is -1.99. The SMILES string of the molecule is O=C(O)c1n[nH]nc1-c1ccc2c(c1)Cc1cc(Br)ccc1-2. The van der Waals surface area contributed by atoms with Crippen molar-refractivity contribution in [1.29, 1.82) is 0 Å². The van der Waals surface area contributed by atoms with Gasteiger partial charge in [-0.3, -0.25) is 0 Å². The minimum Gasteiger partial charge on any atom is -0.476 e. The maximum absolute atomic E-state index is 11.2. The number of nitrogens with zero attached hydrogens (tertiary/aromatic N) is 2. The van der Waals surface area contributed by atoms with Crippen LogP contribution < -0.4 is 0 Å². The van der Waals surface area contributed by atoms with E-state index in [4.69, 9.17) is 5.11 Å². The normalized spacial score (nSPS) is 12.0.